The Morgan fingerprint density at radius 2 is 2.20 bits per heavy atom. The van der Waals surface area contributed by atoms with Crippen LogP contribution in [0.4, 0.5) is 5.69 Å². The molecule has 6 heteroatoms. The Balaban J connectivity index is 1.88. The lowest BCUT2D eigenvalue weighted by Gasteiger charge is -2.22. The molecule has 1 aliphatic heterocycles. The van der Waals surface area contributed by atoms with E-state index < -0.39 is 0 Å². The standard InChI is InChI=1S/C14H17Cl2NO3/c15-9-7-11(16)14(19)12(8-9)17-13(18)5-4-10-3-1-2-6-20-10/h7-8,10,19H,1-6H2,(H,17,18). The topological polar surface area (TPSA) is 58.6 Å². The molecule has 2 N–H and O–H groups in total. The van der Waals surface area contributed by atoms with Gasteiger partial charge >= 0.3 is 0 Å². The van der Waals surface area contributed by atoms with E-state index in [1.54, 1.807) is 0 Å². The fourth-order valence-corrected chi connectivity index (χ4v) is 2.69. The van der Waals surface area contributed by atoms with Crippen molar-refractivity contribution in [3.05, 3.63) is 22.2 Å². The predicted molar refractivity (Wildman–Crippen MR) is 79.6 cm³/mol. The van der Waals surface area contributed by atoms with Crippen molar-refractivity contribution >= 4 is 34.8 Å². The average Bonchev–Trinajstić information content (AvgIpc) is 2.43. The number of carbonyl (C=O) groups excluding carboxylic acids is 1. The summed E-state index contributed by atoms with van der Waals surface area (Å²) < 4.78 is 5.57. The molecule has 1 aromatic carbocycles. The third kappa shape index (κ3) is 4.27. The van der Waals surface area contributed by atoms with Crippen LogP contribution in [0.2, 0.25) is 10.0 Å². The number of hydrogen-bond acceptors (Lipinski definition) is 3. The maximum Gasteiger partial charge on any atom is 0.224 e. The molecule has 1 aliphatic rings. The van der Waals surface area contributed by atoms with E-state index in [1.165, 1.54) is 12.1 Å². The number of benzene rings is 1. The Morgan fingerprint density at radius 1 is 1.40 bits per heavy atom. The quantitative estimate of drug-likeness (QED) is 0.825. The summed E-state index contributed by atoms with van der Waals surface area (Å²) in [6.07, 6.45) is 4.43. The summed E-state index contributed by atoms with van der Waals surface area (Å²) in [6, 6.07) is 2.89. The number of rotatable bonds is 4. The molecule has 1 amide bonds. The SMILES string of the molecule is O=C(CCC1CCCCO1)Nc1cc(Cl)cc(Cl)c1O. The highest BCUT2D eigenvalue weighted by molar-refractivity contribution is 6.36. The Morgan fingerprint density at radius 3 is 2.90 bits per heavy atom. The number of phenols is 1. The molecule has 1 aromatic rings. The molecule has 0 saturated carbocycles. The summed E-state index contributed by atoms with van der Waals surface area (Å²) >= 11 is 11.6. The summed E-state index contributed by atoms with van der Waals surface area (Å²) in [5, 5.41) is 12.9. The first-order chi connectivity index (χ1) is 9.56. The highest BCUT2D eigenvalue weighted by Gasteiger charge is 2.16. The van der Waals surface area contributed by atoms with Gasteiger partial charge in [-0.05, 0) is 37.8 Å². The lowest BCUT2D eigenvalue weighted by Crippen LogP contribution is -2.21. The highest BCUT2D eigenvalue weighted by Crippen LogP contribution is 2.35. The Labute approximate surface area is 128 Å². The van der Waals surface area contributed by atoms with E-state index in [4.69, 9.17) is 27.9 Å². The van der Waals surface area contributed by atoms with Gasteiger partial charge in [-0.2, -0.15) is 0 Å². The molecule has 0 radical (unpaired) electrons. The maximum atomic E-state index is 11.9. The van der Waals surface area contributed by atoms with Gasteiger partial charge < -0.3 is 15.2 Å². The van der Waals surface area contributed by atoms with Gasteiger partial charge in [0.05, 0.1) is 16.8 Å². The van der Waals surface area contributed by atoms with E-state index in [2.05, 4.69) is 5.32 Å². The first kappa shape index (κ1) is 15.4. The van der Waals surface area contributed by atoms with Crippen molar-refractivity contribution in [3.63, 3.8) is 0 Å². The average molecular weight is 318 g/mol. The monoisotopic (exact) mass is 317 g/mol. The molecule has 1 heterocycles. The largest absolute Gasteiger partial charge is 0.504 e. The van der Waals surface area contributed by atoms with Gasteiger partial charge in [0.25, 0.3) is 0 Å². The van der Waals surface area contributed by atoms with Crippen molar-refractivity contribution < 1.29 is 14.6 Å². The van der Waals surface area contributed by atoms with Gasteiger partial charge in [0, 0.05) is 18.1 Å². The van der Waals surface area contributed by atoms with Crippen molar-refractivity contribution in [2.45, 2.75) is 38.2 Å². The third-order valence-electron chi connectivity index (χ3n) is 3.27. The molecule has 110 valence electrons. The number of anilines is 1. The van der Waals surface area contributed by atoms with Crippen LogP contribution in [-0.4, -0.2) is 23.7 Å². The van der Waals surface area contributed by atoms with E-state index in [-0.39, 0.29) is 28.5 Å². The number of hydrogen-bond donors (Lipinski definition) is 2. The highest BCUT2D eigenvalue weighted by atomic mass is 35.5. The minimum atomic E-state index is -0.187. The van der Waals surface area contributed by atoms with Gasteiger partial charge in [0.1, 0.15) is 0 Å². The first-order valence-electron chi connectivity index (χ1n) is 6.65. The van der Waals surface area contributed by atoms with Crippen molar-refractivity contribution in [3.8, 4) is 5.75 Å². The molecule has 1 atom stereocenters. The number of ether oxygens (including phenoxy) is 1. The normalized spacial score (nSPS) is 18.8. The molecular weight excluding hydrogens is 301 g/mol. The molecule has 0 spiro atoms. The molecule has 2 rings (SSSR count). The lowest BCUT2D eigenvalue weighted by molar-refractivity contribution is -0.117. The number of phenolic OH excluding ortho intramolecular Hbond substituents is 1. The van der Waals surface area contributed by atoms with Crippen LogP contribution in [0, 0.1) is 0 Å². The minimum Gasteiger partial charge on any atom is -0.504 e. The van der Waals surface area contributed by atoms with E-state index in [0.29, 0.717) is 17.9 Å². The van der Waals surface area contributed by atoms with Crippen LogP contribution in [0.25, 0.3) is 0 Å². The fraction of sp³-hybridized carbons (Fsp3) is 0.500. The number of amides is 1. The van der Waals surface area contributed by atoms with Gasteiger partial charge in [-0.1, -0.05) is 23.2 Å². The van der Waals surface area contributed by atoms with Gasteiger partial charge in [0.2, 0.25) is 5.91 Å². The fourth-order valence-electron chi connectivity index (χ4n) is 2.20. The summed E-state index contributed by atoms with van der Waals surface area (Å²) in [6.45, 7) is 0.775. The van der Waals surface area contributed by atoms with Gasteiger partial charge in [-0.3, -0.25) is 4.79 Å². The second kappa shape index (κ2) is 7.16. The Kier molecular flexibility index (Phi) is 5.52. The summed E-state index contributed by atoms with van der Waals surface area (Å²) in [7, 11) is 0. The van der Waals surface area contributed by atoms with Gasteiger partial charge in [-0.25, -0.2) is 0 Å². The zero-order valence-electron chi connectivity index (χ0n) is 11.0. The number of halogens is 2. The van der Waals surface area contributed by atoms with E-state index in [1.807, 2.05) is 0 Å². The van der Waals surface area contributed by atoms with Crippen molar-refractivity contribution in [1.29, 1.82) is 0 Å². The molecular formula is C14H17Cl2NO3. The minimum absolute atomic E-state index is 0.114. The zero-order chi connectivity index (χ0) is 14.5. The smallest absolute Gasteiger partial charge is 0.224 e. The molecule has 4 nitrogen and oxygen atoms in total. The molecule has 1 unspecified atom stereocenters. The van der Waals surface area contributed by atoms with Gasteiger partial charge in [-0.15, -0.1) is 0 Å². The van der Waals surface area contributed by atoms with Crippen molar-refractivity contribution in [1.82, 2.24) is 0 Å². The van der Waals surface area contributed by atoms with Crippen LogP contribution < -0.4 is 5.32 Å². The van der Waals surface area contributed by atoms with Crippen molar-refractivity contribution in [2.24, 2.45) is 0 Å². The zero-order valence-corrected chi connectivity index (χ0v) is 12.5. The molecule has 0 bridgehead atoms. The van der Waals surface area contributed by atoms with Crippen LogP contribution in [0.3, 0.4) is 0 Å². The lowest BCUT2D eigenvalue weighted by atomic mass is 10.0. The van der Waals surface area contributed by atoms with Crippen LogP contribution in [0.5, 0.6) is 5.75 Å². The Hall–Kier alpha value is -0.970. The Bertz CT molecular complexity index is 488. The number of carbonyl (C=O) groups is 1. The molecule has 20 heavy (non-hydrogen) atoms. The molecule has 0 aliphatic carbocycles. The summed E-state index contributed by atoms with van der Waals surface area (Å²) in [4.78, 5) is 11.9. The van der Waals surface area contributed by atoms with Crippen LogP contribution in [0.15, 0.2) is 12.1 Å². The van der Waals surface area contributed by atoms with E-state index in [0.717, 1.165) is 25.9 Å². The molecule has 1 fully saturated rings. The van der Waals surface area contributed by atoms with E-state index in [9.17, 15) is 9.90 Å². The number of aromatic hydroxyl groups is 1. The van der Waals surface area contributed by atoms with Crippen LogP contribution in [0.1, 0.15) is 32.1 Å². The third-order valence-corrected chi connectivity index (χ3v) is 3.78. The second-order valence-corrected chi connectivity index (χ2v) is 5.70. The maximum absolute atomic E-state index is 11.9. The predicted octanol–water partition coefficient (Wildman–Crippen LogP) is 3.99. The summed E-state index contributed by atoms with van der Waals surface area (Å²) in [5.74, 6) is -0.355. The summed E-state index contributed by atoms with van der Waals surface area (Å²) in [5.41, 5.74) is 0.233. The number of nitrogens with one attached hydrogen (secondary N) is 1. The van der Waals surface area contributed by atoms with Crippen LogP contribution in [-0.2, 0) is 9.53 Å². The van der Waals surface area contributed by atoms with E-state index >= 15 is 0 Å². The van der Waals surface area contributed by atoms with Crippen molar-refractivity contribution in [2.75, 3.05) is 11.9 Å². The second-order valence-electron chi connectivity index (χ2n) is 4.86. The molecule has 0 aromatic heterocycles. The molecule has 1 saturated heterocycles. The first-order valence-corrected chi connectivity index (χ1v) is 7.41. The van der Waals surface area contributed by atoms with Gasteiger partial charge in [0.15, 0.2) is 5.75 Å². The van der Waals surface area contributed by atoms with Crippen LogP contribution >= 0.6 is 23.2 Å².